The molecule has 4 rings (SSSR count). The lowest BCUT2D eigenvalue weighted by Gasteiger charge is -2.18. The Hall–Kier alpha value is -2.80. The van der Waals surface area contributed by atoms with Gasteiger partial charge in [0.15, 0.2) is 0 Å². The molecule has 1 N–H and O–H groups in total. The molecule has 6 nitrogen and oxygen atoms in total. The van der Waals surface area contributed by atoms with Crippen LogP contribution in [0.25, 0.3) is 0 Å². The van der Waals surface area contributed by atoms with Crippen molar-refractivity contribution < 1.29 is 14.4 Å². The number of hydrogen-bond donors (Lipinski definition) is 1. The maximum atomic E-state index is 12.7. The van der Waals surface area contributed by atoms with Crippen molar-refractivity contribution in [2.24, 2.45) is 5.92 Å². The Kier molecular flexibility index (Phi) is 5.81. The van der Waals surface area contributed by atoms with E-state index in [4.69, 9.17) is 0 Å². The molecule has 1 aliphatic carbocycles. The zero-order valence-corrected chi connectivity index (χ0v) is 18.0. The summed E-state index contributed by atoms with van der Waals surface area (Å²) in [5, 5.41) is 2.85. The Bertz CT molecular complexity index is 988. The minimum absolute atomic E-state index is 0.0120. The van der Waals surface area contributed by atoms with Crippen molar-refractivity contribution in [1.82, 2.24) is 4.90 Å². The molecule has 1 heterocycles. The molecular weight excluding hydrogens is 398 g/mol. The van der Waals surface area contributed by atoms with Gasteiger partial charge in [0.2, 0.25) is 11.8 Å². The van der Waals surface area contributed by atoms with E-state index < -0.39 is 0 Å². The maximum Gasteiger partial charge on any atom is 0.285 e. The summed E-state index contributed by atoms with van der Waals surface area (Å²) in [6.45, 7) is 0.398. The zero-order valence-electron chi connectivity index (χ0n) is 17.2. The molecule has 3 amide bonds. The number of nitrogens with one attached hydrogen (secondary N) is 1. The second-order valence-corrected chi connectivity index (χ2v) is 9.01. The van der Waals surface area contributed by atoms with Crippen molar-refractivity contribution in [2.45, 2.75) is 30.6 Å². The summed E-state index contributed by atoms with van der Waals surface area (Å²) in [6.07, 6.45) is 3.55. The maximum absolute atomic E-state index is 12.7. The number of aryl methyl sites for hydroxylation is 2. The van der Waals surface area contributed by atoms with Crippen molar-refractivity contribution in [3.8, 4) is 0 Å². The minimum atomic E-state index is -0.380. The van der Waals surface area contributed by atoms with Gasteiger partial charge in [0.05, 0.1) is 5.92 Å². The molecule has 30 heavy (non-hydrogen) atoms. The van der Waals surface area contributed by atoms with Crippen LogP contribution in [0.5, 0.6) is 0 Å². The fourth-order valence-electron chi connectivity index (χ4n) is 3.90. The average molecular weight is 424 g/mol. The number of hydrogen-bond acceptors (Lipinski definition) is 4. The number of anilines is 2. The third-order valence-corrected chi connectivity index (χ3v) is 6.63. The quantitative estimate of drug-likeness (QED) is 0.757. The number of carbonyl (C=O) groups is 3. The molecule has 0 radical (unpaired) electrons. The van der Waals surface area contributed by atoms with Crippen LogP contribution >= 0.6 is 11.8 Å². The first-order chi connectivity index (χ1) is 14.4. The Morgan fingerprint density at radius 2 is 1.80 bits per heavy atom. The smallest absolute Gasteiger partial charge is 0.285 e. The Balaban J connectivity index is 1.37. The summed E-state index contributed by atoms with van der Waals surface area (Å²) in [6, 6.07) is 13.4. The molecule has 2 aromatic carbocycles. The highest BCUT2D eigenvalue weighted by molar-refractivity contribution is 8.13. The van der Waals surface area contributed by atoms with E-state index in [2.05, 4.69) is 17.4 Å². The number of amides is 3. The van der Waals surface area contributed by atoms with Crippen LogP contribution in [0.15, 0.2) is 47.4 Å². The fourth-order valence-corrected chi connectivity index (χ4v) is 4.56. The largest absolute Gasteiger partial charge is 0.339 e. The van der Waals surface area contributed by atoms with E-state index in [1.54, 1.807) is 43.3 Å². The predicted octanol–water partition coefficient (Wildman–Crippen LogP) is 3.94. The first-order valence-electron chi connectivity index (χ1n) is 10.1. The van der Waals surface area contributed by atoms with Crippen LogP contribution in [0.2, 0.25) is 0 Å². The van der Waals surface area contributed by atoms with Crippen LogP contribution in [-0.2, 0) is 22.4 Å². The molecule has 1 fully saturated rings. The van der Waals surface area contributed by atoms with Crippen LogP contribution < -0.4 is 10.2 Å². The lowest BCUT2D eigenvalue weighted by Crippen LogP contribution is -2.28. The summed E-state index contributed by atoms with van der Waals surface area (Å²) in [4.78, 5) is 41.1. The van der Waals surface area contributed by atoms with Crippen molar-refractivity contribution in [2.75, 3.05) is 30.9 Å². The number of benzene rings is 2. The molecule has 0 bridgehead atoms. The summed E-state index contributed by atoms with van der Waals surface area (Å²) in [7, 11) is 3.41. The normalized spacial score (nSPS) is 17.7. The summed E-state index contributed by atoms with van der Waals surface area (Å²) >= 11 is 1.13. The minimum Gasteiger partial charge on any atom is -0.339 e. The second-order valence-electron chi connectivity index (χ2n) is 7.99. The molecule has 1 saturated heterocycles. The van der Waals surface area contributed by atoms with Crippen molar-refractivity contribution in [3.05, 3.63) is 53.6 Å². The van der Waals surface area contributed by atoms with E-state index in [1.807, 2.05) is 6.07 Å². The molecule has 1 aliphatic heterocycles. The molecule has 2 aromatic rings. The zero-order chi connectivity index (χ0) is 21.3. The van der Waals surface area contributed by atoms with E-state index in [9.17, 15) is 14.4 Å². The summed E-state index contributed by atoms with van der Waals surface area (Å²) < 4.78 is 0. The van der Waals surface area contributed by atoms with Gasteiger partial charge in [0, 0.05) is 43.3 Å². The average Bonchev–Trinajstić information content (AvgIpc) is 3.35. The van der Waals surface area contributed by atoms with E-state index in [-0.39, 0.29) is 29.4 Å². The number of fused-ring (bicyclic) bond motifs is 1. The lowest BCUT2D eigenvalue weighted by molar-refractivity contribution is -0.122. The monoisotopic (exact) mass is 423 g/mol. The van der Waals surface area contributed by atoms with Crippen LogP contribution in [0, 0.1) is 5.92 Å². The SMILES string of the molecule is CN(C)C(=O)Sc1ccc(NC(=O)C2CC(=O)N(c3ccc4c(c3)CCC4)C2)cc1. The van der Waals surface area contributed by atoms with E-state index >= 15 is 0 Å². The summed E-state index contributed by atoms with van der Waals surface area (Å²) in [5.41, 5.74) is 4.24. The number of carbonyl (C=O) groups excluding carboxylic acids is 3. The third-order valence-electron chi connectivity index (χ3n) is 5.58. The molecular formula is C23H25N3O3S. The molecule has 0 aromatic heterocycles. The number of thioether (sulfide) groups is 1. The van der Waals surface area contributed by atoms with Crippen LogP contribution in [0.4, 0.5) is 16.2 Å². The fraction of sp³-hybridized carbons (Fsp3) is 0.348. The van der Waals surface area contributed by atoms with Gasteiger partial charge in [0.25, 0.3) is 5.24 Å². The van der Waals surface area contributed by atoms with E-state index in [0.29, 0.717) is 12.2 Å². The molecule has 2 aliphatic rings. The highest BCUT2D eigenvalue weighted by Gasteiger charge is 2.35. The standard InChI is InChI=1S/C23H25N3O3S/c1-25(2)23(29)30-20-10-7-18(8-11-20)24-22(28)17-13-21(27)26(14-17)19-9-6-15-4-3-5-16(15)12-19/h6-12,17H,3-5,13-14H2,1-2H3,(H,24,28). The predicted molar refractivity (Wildman–Crippen MR) is 119 cm³/mol. The molecule has 1 atom stereocenters. The van der Waals surface area contributed by atoms with Gasteiger partial charge in [0.1, 0.15) is 0 Å². The Morgan fingerprint density at radius 1 is 1.07 bits per heavy atom. The van der Waals surface area contributed by atoms with Crippen LogP contribution in [0.1, 0.15) is 24.0 Å². The molecule has 156 valence electrons. The van der Waals surface area contributed by atoms with Gasteiger partial charge in [-0.15, -0.1) is 0 Å². The molecule has 1 unspecified atom stereocenters. The third kappa shape index (κ3) is 4.36. The molecule has 7 heteroatoms. The highest BCUT2D eigenvalue weighted by atomic mass is 32.2. The van der Waals surface area contributed by atoms with Gasteiger partial charge < -0.3 is 15.1 Å². The van der Waals surface area contributed by atoms with Gasteiger partial charge in [-0.05, 0) is 78.5 Å². The summed E-state index contributed by atoms with van der Waals surface area (Å²) in [5.74, 6) is -0.547. The van der Waals surface area contributed by atoms with Gasteiger partial charge in [-0.3, -0.25) is 14.4 Å². The highest BCUT2D eigenvalue weighted by Crippen LogP contribution is 2.31. The number of rotatable bonds is 4. The van der Waals surface area contributed by atoms with Crippen molar-refractivity contribution in [3.63, 3.8) is 0 Å². The van der Waals surface area contributed by atoms with Crippen molar-refractivity contribution in [1.29, 1.82) is 0 Å². The van der Waals surface area contributed by atoms with E-state index in [0.717, 1.165) is 35.2 Å². The van der Waals surface area contributed by atoms with E-state index in [1.165, 1.54) is 22.4 Å². The molecule has 0 saturated carbocycles. The van der Waals surface area contributed by atoms with Crippen LogP contribution in [-0.4, -0.2) is 42.6 Å². The van der Waals surface area contributed by atoms with Gasteiger partial charge in [-0.1, -0.05) is 6.07 Å². The number of nitrogens with zero attached hydrogens (tertiary/aromatic N) is 2. The molecule has 0 spiro atoms. The van der Waals surface area contributed by atoms with Crippen LogP contribution in [0.3, 0.4) is 0 Å². The first-order valence-corrected chi connectivity index (χ1v) is 10.9. The lowest BCUT2D eigenvalue weighted by atomic mass is 10.1. The van der Waals surface area contributed by atoms with Gasteiger partial charge in [-0.25, -0.2) is 0 Å². The topological polar surface area (TPSA) is 69.7 Å². The second kappa shape index (κ2) is 8.52. The Labute approximate surface area is 180 Å². The first kappa shape index (κ1) is 20.5. The Morgan fingerprint density at radius 3 is 2.53 bits per heavy atom. The van der Waals surface area contributed by atoms with Gasteiger partial charge >= 0.3 is 0 Å². The van der Waals surface area contributed by atoms with Gasteiger partial charge in [-0.2, -0.15) is 0 Å². The van der Waals surface area contributed by atoms with Crippen molar-refractivity contribution >= 4 is 40.2 Å².